The maximum atomic E-state index is 12.2. The number of nitrogens with one attached hydrogen (secondary N) is 1. The Morgan fingerprint density at radius 1 is 1.09 bits per heavy atom. The maximum Gasteiger partial charge on any atom is 0.226 e. The van der Waals surface area contributed by atoms with Crippen molar-refractivity contribution in [3.8, 4) is 22.5 Å². The highest BCUT2D eigenvalue weighted by atomic mass is 16.3. The van der Waals surface area contributed by atoms with E-state index in [-0.39, 0.29) is 11.8 Å². The second-order valence-electron chi connectivity index (χ2n) is 8.84. The van der Waals surface area contributed by atoms with E-state index in [2.05, 4.69) is 77.4 Å². The third-order valence-electron chi connectivity index (χ3n) is 5.44. The number of rotatable bonds is 6. The van der Waals surface area contributed by atoms with Gasteiger partial charge in [-0.25, -0.2) is 4.98 Å². The van der Waals surface area contributed by atoms with Crippen LogP contribution < -0.4 is 5.32 Å². The van der Waals surface area contributed by atoms with Crippen molar-refractivity contribution in [3.05, 3.63) is 66.8 Å². The normalized spacial score (nSPS) is 11.8. The summed E-state index contributed by atoms with van der Waals surface area (Å²) in [5, 5.41) is 4.10. The minimum Gasteiger partial charge on any atom is -0.444 e. The van der Waals surface area contributed by atoms with Gasteiger partial charge in [0, 0.05) is 46.9 Å². The van der Waals surface area contributed by atoms with Crippen molar-refractivity contribution in [2.45, 2.75) is 27.7 Å². The number of fused-ring (bicyclic) bond motifs is 1. The average molecular weight is 428 g/mol. The third kappa shape index (κ3) is 4.52. The molecule has 1 N–H and O–H groups in total. The van der Waals surface area contributed by atoms with Crippen LogP contribution in [0.25, 0.3) is 39.4 Å². The fraction of sp³-hybridized carbons (Fsp3) is 0.259. The van der Waals surface area contributed by atoms with Crippen LogP contribution in [0.1, 0.15) is 33.3 Å². The zero-order valence-electron chi connectivity index (χ0n) is 19.2. The molecular formula is C27H29N3O2. The van der Waals surface area contributed by atoms with Crippen LogP contribution in [-0.2, 0) is 11.8 Å². The first-order valence-electron chi connectivity index (χ1n) is 10.9. The van der Waals surface area contributed by atoms with Crippen LogP contribution in [0.3, 0.4) is 0 Å². The summed E-state index contributed by atoms with van der Waals surface area (Å²) >= 11 is 0. The second-order valence-corrected chi connectivity index (χ2v) is 8.84. The molecule has 0 aliphatic rings. The van der Waals surface area contributed by atoms with E-state index in [1.165, 1.54) is 6.39 Å². The summed E-state index contributed by atoms with van der Waals surface area (Å²) in [6.45, 7) is 8.11. The van der Waals surface area contributed by atoms with Gasteiger partial charge in [0.2, 0.25) is 5.91 Å². The van der Waals surface area contributed by atoms with Gasteiger partial charge in [0.1, 0.15) is 0 Å². The van der Waals surface area contributed by atoms with E-state index in [0.717, 1.165) is 44.6 Å². The summed E-state index contributed by atoms with van der Waals surface area (Å²) in [6.07, 6.45) is 9.65. The van der Waals surface area contributed by atoms with E-state index in [4.69, 9.17) is 4.42 Å². The van der Waals surface area contributed by atoms with E-state index in [1.54, 1.807) is 6.20 Å². The molecule has 32 heavy (non-hydrogen) atoms. The van der Waals surface area contributed by atoms with Crippen molar-refractivity contribution in [1.82, 2.24) is 9.55 Å². The summed E-state index contributed by atoms with van der Waals surface area (Å²) in [4.78, 5) is 16.3. The molecule has 0 bridgehead atoms. The van der Waals surface area contributed by atoms with Crippen molar-refractivity contribution in [3.63, 3.8) is 0 Å². The Bertz CT molecular complexity index is 1280. The lowest BCUT2D eigenvalue weighted by molar-refractivity contribution is -0.118. The van der Waals surface area contributed by atoms with Gasteiger partial charge in [-0.15, -0.1) is 0 Å². The predicted octanol–water partition coefficient (Wildman–Crippen LogP) is 6.76. The smallest absolute Gasteiger partial charge is 0.226 e. The van der Waals surface area contributed by atoms with Crippen molar-refractivity contribution >= 4 is 28.6 Å². The van der Waals surface area contributed by atoms with Crippen molar-refractivity contribution in [2.24, 2.45) is 18.9 Å². The molecule has 0 saturated carbocycles. The number of allylic oxidation sites excluding steroid dienone is 1. The average Bonchev–Trinajstić information content (AvgIpc) is 3.40. The monoisotopic (exact) mass is 427 g/mol. The molecular weight excluding hydrogens is 398 g/mol. The van der Waals surface area contributed by atoms with Crippen LogP contribution in [-0.4, -0.2) is 15.5 Å². The van der Waals surface area contributed by atoms with Gasteiger partial charge < -0.3 is 14.3 Å². The highest BCUT2D eigenvalue weighted by molar-refractivity contribution is 6.01. The lowest BCUT2D eigenvalue weighted by atomic mass is 9.97. The number of carbonyl (C=O) groups is 1. The van der Waals surface area contributed by atoms with Crippen LogP contribution >= 0.6 is 0 Å². The Kier molecular flexibility index (Phi) is 5.99. The SMILES string of the molecule is CC(C)/C=C/c1cc(-c2cnco2)cc(-c2cn(C)c3ccc(NC(=O)C(C)C)cc23)c1. The van der Waals surface area contributed by atoms with E-state index in [0.29, 0.717) is 5.92 Å². The van der Waals surface area contributed by atoms with Crippen LogP contribution in [0.2, 0.25) is 0 Å². The van der Waals surface area contributed by atoms with E-state index >= 15 is 0 Å². The van der Waals surface area contributed by atoms with Crippen molar-refractivity contribution in [1.29, 1.82) is 0 Å². The topological polar surface area (TPSA) is 60.1 Å². The van der Waals surface area contributed by atoms with Crippen LogP contribution in [0.15, 0.2) is 65.7 Å². The number of carbonyl (C=O) groups excluding carboxylic acids is 1. The Hall–Kier alpha value is -3.60. The van der Waals surface area contributed by atoms with Crippen LogP contribution in [0.5, 0.6) is 0 Å². The van der Waals surface area contributed by atoms with Crippen molar-refractivity contribution in [2.75, 3.05) is 5.32 Å². The van der Waals surface area contributed by atoms with Gasteiger partial charge in [0.05, 0.1) is 6.20 Å². The molecule has 0 aliphatic carbocycles. The van der Waals surface area contributed by atoms with Gasteiger partial charge in [-0.2, -0.15) is 0 Å². The van der Waals surface area contributed by atoms with E-state index in [9.17, 15) is 4.79 Å². The van der Waals surface area contributed by atoms with E-state index < -0.39 is 0 Å². The Morgan fingerprint density at radius 3 is 2.56 bits per heavy atom. The number of hydrogen-bond donors (Lipinski definition) is 1. The number of aryl methyl sites for hydroxylation is 1. The van der Waals surface area contributed by atoms with Gasteiger partial charge in [-0.05, 0) is 53.4 Å². The lowest BCUT2D eigenvalue weighted by Crippen LogP contribution is -2.17. The fourth-order valence-corrected chi connectivity index (χ4v) is 3.69. The third-order valence-corrected chi connectivity index (χ3v) is 5.44. The summed E-state index contributed by atoms with van der Waals surface area (Å²) in [7, 11) is 2.04. The molecule has 5 nitrogen and oxygen atoms in total. The summed E-state index contributed by atoms with van der Waals surface area (Å²) in [6, 6.07) is 12.5. The summed E-state index contributed by atoms with van der Waals surface area (Å²) in [5.41, 5.74) is 6.17. The molecule has 2 aromatic carbocycles. The van der Waals surface area contributed by atoms with Crippen molar-refractivity contribution < 1.29 is 9.21 Å². The summed E-state index contributed by atoms with van der Waals surface area (Å²) in [5.74, 6) is 1.12. The van der Waals surface area contributed by atoms with Gasteiger partial charge in [-0.1, -0.05) is 39.8 Å². The molecule has 0 saturated heterocycles. The maximum absolute atomic E-state index is 12.2. The molecule has 4 rings (SSSR count). The number of oxazole rings is 1. The first-order valence-corrected chi connectivity index (χ1v) is 10.9. The van der Waals surface area contributed by atoms with Gasteiger partial charge in [0.25, 0.3) is 0 Å². The first kappa shape index (κ1) is 21.6. The lowest BCUT2D eigenvalue weighted by Gasteiger charge is -2.09. The van der Waals surface area contributed by atoms with E-state index in [1.807, 2.05) is 27.0 Å². The predicted molar refractivity (Wildman–Crippen MR) is 131 cm³/mol. The molecule has 1 amide bonds. The number of aromatic nitrogens is 2. The Balaban J connectivity index is 1.86. The van der Waals surface area contributed by atoms with Crippen LogP contribution in [0, 0.1) is 11.8 Å². The molecule has 0 aliphatic heterocycles. The minimum absolute atomic E-state index is 0.00950. The minimum atomic E-state index is -0.0742. The number of anilines is 1. The number of benzene rings is 2. The molecule has 0 spiro atoms. The molecule has 0 fully saturated rings. The second kappa shape index (κ2) is 8.87. The molecule has 2 heterocycles. The van der Waals surface area contributed by atoms with Crippen LogP contribution in [0.4, 0.5) is 5.69 Å². The highest BCUT2D eigenvalue weighted by Gasteiger charge is 2.14. The van der Waals surface area contributed by atoms with Gasteiger partial charge in [-0.3, -0.25) is 4.79 Å². The quantitative estimate of drug-likeness (QED) is 0.370. The van der Waals surface area contributed by atoms with Gasteiger partial charge >= 0.3 is 0 Å². The number of hydrogen-bond acceptors (Lipinski definition) is 3. The Morgan fingerprint density at radius 2 is 1.88 bits per heavy atom. The molecule has 5 heteroatoms. The van der Waals surface area contributed by atoms with Gasteiger partial charge in [0.15, 0.2) is 12.2 Å². The fourth-order valence-electron chi connectivity index (χ4n) is 3.69. The number of nitrogens with zero attached hydrogens (tertiary/aromatic N) is 2. The molecule has 164 valence electrons. The Labute approximate surface area is 188 Å². The molecule has 2 aromatic heterocycles. The molecule has 0 atom stereocenters. The number of amides is 1. The highest BCUT2D eigenvalue weighted by Crippen LogP contribution is 2.35. The molecule has 0 radical (unpaired) electrons. The zero-order valence-corrected chi connectivity index (χ0v) is 19.2. The first-order chi connectivity index (χ1) is 15.3. The zero-order chi connectivity index (χ0) is 22.8. The molecule has 0 unspecified atom stereocenters. The largest absolute Gasteiger partial charge is 0.444 e. The summed E-state index contributed by atoms with van der Waals surface area (Å²) < 4.78 is 7.70. The molecule has 4 aromatic rings. The standard InChI is InChI=1S/C27H29N3O2/c1-17(2)6-7-19-10-20(12-21(11-19)26-14-28-16-32-26)24-15-30(5)25-9-8-22(13-23(24)25)29-27(31)18(3)4/h6-18H,1-5H3,(H,29,31)/b7-6+.